The molecule has 0 spiro atoms. The van der Waals surface area contributed by atoms with Gasteiger partial charge in [-0.25, -0.2) is 0 Å². The van der Waals surface area contributed by atoms with Gasteiger partial charge in [0.05, 0.1) is 0 Å². The molecule has 0 aromatic heterocycles. The summed E-state index contributed by atoms with van der Waals surface area (Å²) in [6.07, 6.45) is 6.00. The summed E-state index contributed by atoms with van der Waals surface area (Å²) in [4.78, 5) is 0. The summed E-state index contributed by atoms with van der Waals surface area (Å²) in [7, 11) is 0. The summed E-state index contributed by atoms with van der Waals surface area (Å²) in [5.74, 6) is 0.0423. The lowest BCUT2D eigenvalue weighted by Crippen LogP contribution is -2.43. The number of rotatable bonds is 3. The monoisotopic (exact) mass is 236 g/mol. The van der Waals surface area contributed by atoms with E-state index >= 15 is 0 Å². The molecule has 0 bridgehead atoms. The van der Waals surface area contributed by atoms with Gasteiger partial charge in [-0.2, -0.15) is 0 Å². The molecule has 0 fully saturated rings. The van der Waals surface area contributed by atoms with Gasteiger partial charge >= 0.3 is 0 Å². The second kappa shape index (κ2) is 4.75. The van der Waals surface area contributed by atoms with Crippen LogP contribution in [0.2, 0.25) is 0 Å². The molecule has 0 heterocycles. The molecule has 1 aliphatic carbocycles. The fourth-order valence-corrected chi connectivity index (χ4v) is 1.69. The summed E-state index contributed by atoms with van der Waals surface area (Å²) in [5.41, 5.74) is 1.05. The maximum absolute atomic E-state index is 9.64. The predicted molar refractivity (Wildman–Crippen MR) is 72.2 cm³/mol. The first-order valence-corrected chi connectivity index (χ1v) is 6.06. The summed E-state index contributed by atoms with van der Waals surface area (Å²) in [6, 6.07) is 0. The minimum atomic E-state index is -0.892. The molecule has 96 valence electrons. The minimum Gasteiger partial charge on any atom is -0.376 e. The van der Waals surface area contributed by atoms with Crippen molar-refractivity contribution in [1.29, 1.82) is 5.41 Å². The van der Waals surface area contributed by atoms with E-state index in [0.717, 1.165) is 0 Å². The van der Waals surface area contributed by atoms with Crippen LogP contribution in [0, 0.1) is 16.7 Å². The average molecular weight is 236 g/mol. The minimum absolute atomic E-state index is 0.0423. The summed E-state index contributed by atoms with van der Waals surface area (Å²) >= 11 is 0. The molecule has 1 rings (SSSR count). The fourth-order valence-electron chi connectivity index (χ4n) is 1.69. The number of allylic oxidation sites excluding steroid dienone is 3. The van der Waals surface area contributed by atoms with Gasteiger partial charge in [0.2, 0.25) is 0 Å². The maximum atomic E-state index is 9.64. The Labute approximate surface area is 104 Å². The smallest absolute Gasteiger partial charge is 0.110 e. The molecular formula is C14H24N2O. The lowest BCUT2D eigenvalue weighted by atomic mass is 9.80. The van der Waals surface area contributed by atoms with Crippen molar-refractivity contribution in [2.75, 3.05) is 6.54 Å². The van der Waals surface area contributed by atoms with Crippen molar-refractivity contribution in [2.45, 2.75) is 40.3 Å². The number of hydrogen-bond donors (Lipinski definition) is 3. The SMILES string of the molecule is CC(C)(O)NC[C@@H]1C=C(C(C)(C)C)C=CC1=N. The van der Waals surface area contributed by atoms with E-state index < -0.39 is 5.72 Å². The Hall–Kier alpha value is -0.930. The third-order valence-electron chi connectivity index (χ3n) is 2.84. The zero-order valence-corrected chi connectivity index (χ0v) is 11.5. The van der Waals surface area contributed by atoms with Gasteiger partial charge in [-0.05, 0) is 30.9 Å². The highest BCUT2D eigenvalue weighted by Crippen LogP contribution is 2.30. The maximum Gasteiger partial charge on any atom is 0.110 e. The molecular weight excluding hydrogens is 212 g/mol. The second-order valence-corrected chi connectivity index (χ2v) is 6.21. The molecule has 0 aromatic rings. The first kappa shape index (κ1) is 14.1. The van der Waals surface area contributed by atoms with Crippen LogP contribution in [0.15, 0.2) is 23.8 Å². The molecule has 0 saturated heterocycles. The summed E-state index contributed by atoms with van der Waals surface area (Å²) in [6.45, 7) is 10.5. The van der Waals surface area contributed by atoms with E-state index in [1.165, 1.54) is 5.57 Å². The molecule has 0 aromatic carbocycles. The third-order valence-corrected chi connectivity index (χ3v) is 2.84. The van der Waals surface area contributed by atoms with Crippen LogP contribution in [0.3, 0.4) is 0 Å². The molecule has 17 heavy (non-hydrogen) atoms. The number of aliphatic hydroxyl groups is 1. The van der Waals surface area contributed by atoms with Crippen molar-refractivity contribution in [3.05, 3.63) is 23.8 Å². The van der Waals surface area contributed by atoms with Gasteiger partial charge in [0.25, 0.3) is 0 Å². The van der Waals surface area contributed by atoms with Gasteiger partial charge in [-0.15, -0.1) is 0 Å². The van der Waals surface area contributed by atoms with Crippen LogP contribution < -0.4 is 5.32 Å². The van der Waals surface area contributed by atoms with Crippen molar-refractivity contribution in [2.24, 2.45) is 11.3 Å². The Kier molecular flexibility index (Phi) is 3.95. The van der Waals surface area contributed by atoms with Crippen LogP contribution in [0.1, 0.15) is 34.6 Å². The lowest BCUT2D eigenvalue weighted by molar-refractivity contribution is 0.0430. The van der Waals surface area contributed by atoms with Gasteiger partial charge in [0.1, 0.15) is 5.72 Å². The van der Waals surface area contributed by atoms with Crippen molar-refractivity contribution in [3.8, 4) is 0 Å². The van der Waals surface area contributed by atoms with Crippen LogP contribution in [0.4, 0.5) is 0 Å². The van der Waals surface area contributed by atoms with E-state index in [-0.39, 0.29) is 11.3 Å². The van der Waals surface area contributed by atoms with Crippen molar-refractivity contribution >= 4 is 5.71 Å². The second-order valence-electron chi connectivity index (χ2n) is 6.21. The Morgan fingerprint density at radius 3 is 2.29 bits per heavy atom. The Morgan fingerprint density at radius 1 is 1.24 bits per heavy atom. The Morgan fingerprint density at radius 2 is 1.82 bits per heavy atom. The quantitative estimate of drug-likeness (QED) is 0.659. The van der Waals surface area contributed by atoms with E-state index in [9.17, 15) is 5.11 Å². The summed E-state index contributed by atoms with van der Waals surface area (Å²) < 4.78 is 0. The normalized spacial score (nSPS) is 21.6. The van der Waals surface area contributed by atoms with Crippen LogP contribution in [-0.4, -0.2) is 23.1 Å². The fraction of sp³-hybridized carbons (Fsp3) is 0.643. The molecule has 0 saturated carbocycles. The summed E-state index contributed by atoms with van der Waals surface area (Å²) in [5, 5.41) is 20.6. The molecule has 3 heteroatoms. The first-order chi connectivity index (χ1) is 7.59. The topological polar surface area (TPSA) is 56.1 Å². The van der Waals surface area contributed by atoms with Gasteiger partial charge < -0.3 is 10.5 Å². The van der Waals surface area contributed by atoms with Gasteiger partial charge in [-0.1, -0.05) is 32.9 Å². The van der Waals surface area contributed by atoms with Gasteiger partial charge in [0.15, 0.2) is 0 Å². The molecule has 0 amide bonds. The van der Waals surface area contributed by atoms with E-state index in [0.29, 0.717) is 12.3 Å². The standard InChI is InChI=1S/C14H24N2O/c1-13(2,3)11-6-7-12(15)10(8-11)9-16-14(4,5)17/h6-8,10,15-17H,9H2,1-5H3/t10-/m0/s1. The number of nitrogens with one attached hydrogen (secondary N) is 2. The lowest BCUT2D eigenvalue weighted by Gasteiger charge is -2.28. The highest BCUT2D eigenvalue weighted by atomic mass is 16.3. The van der Waals surface area contributed by atoms with Gasteiger partial charge in [-0.3, -0.25) is 5.32 Å². The molecule has 1 atom stereocenters. The van der Waals surface area contributed by atoms with Crippen LogP contribution in [0.5, 0.6) is 0 Å². The van der Waals surface area contributed by atoms with Crippen LogP contribution in [0.25, 0.3) is 0 Å². The van der Waals surface area contributed by atoms with E-state index in [1.807, 2.05) is 12.2 Å². The Bertz CT molecular complexity index is 353. The molecule has 3 N–H and O–H groups in total. The first-order valence-electron chi connectivity index (χ1n) is 6.06. The zero-order valence-electron chi connectivity index (χ0n) is 11.5. The van der Waals surface area contributed by atoms with Crippen LogP contribution >= 0.6 is 0 Å². The Balaban J connectivity index is 2.75. The third kappa shape index (κ3) is 4.44. The van der Waals surface area contributed by atoms with Gasteiger partial charge in [0, 0.05) is 18.2 Å². The molecule has 3 nitrogen and oxygen atoms in total. The van der Waals surface area contributed by atoms with Crippen molar-refractivity contribution in [1.82, 2.24) is 5.32 Å². The number of hydrogen-bond acceptors (Lipinski definition) is 3. The largest absolute Gasteiger partial charge is 0.376 e. The molecule has 1 aliphatic rings. The molecule has 0 radical (unpaired) electrons. The van der Waals surface area contributed by atoms with Crippen molar-refractivity contribution < 1.29 is 5.11 Å². The van der Waals surface area contributed by atoms with E-state index in [1.54, 1.807) is 13.8 Å². The predicted octanol–water partition coefficient (Wildman–Crippen LogP) is 2.48. The highest BCUT2D eigenvalue weighted by molar-refractivity contribution is 5.97. The molecule has 0 aliphatic heterocycles. The highest BCUT2D eigenvalue weighted by Gasteiger charge is 2.23. The van der Waals surface area contributed by atoms with Crippen molar-refractivity contribution in [3.63, 3.8) is 0 Å². The van der Waals surface area contributed by atoms with E-state index in [4.69, 9.17) is 5.41 Å². The average Bonchev–Trinajstić information content (AvgIpc) is 2.13. The van der Waals surface area contributed by atoms with E-state index in [2.05, 4.69) is 32.2 Å². The van der Waals surface area contributed by atoms with Crippen LogP contribution in [-0.2, 0) is 0 Å². The molecule has 0 unspecified atom stereocenters. The zero-order chi connectivity index (χ0) is 13.3.